The van der Waals surface area contributed by atoms with E-state index in [9.17, 15) is 10.2 Å². The third-order valence-corrected chi connectivity index (χ3v) is 1.90. The molecule has 4 atom stereocenters. The fourth-order valence-corrected chi connectivity index (χ4v) is 1.25. The van der Waals surface area contributed by atoms with Crippen molar-refractivity contribution >= 4 is 0 Å². The quantitative estimate of drug-likeness (QED) is 0.526. The molecule has 0 amide bonds. The number of hydrogen-bond acceptors (Lipinski definition) is 5. The van der Waals surface area contributed by atoms with Crippen LogP contribution in [0, 0.1) is 0 Å². The Kier molecular flexibility index (Phi) is 3.63. The molecular weight excluding hydrogens is 176 g/mol. The Hall–Kier alpha value is -0.200. The molecule has 1 unspecified atom stereocenters. The molecule has 1 fully saturated rings. The summed E-state index contributed by atoms with van der Waals surface area (Å²) in [5.41, 5.74) is 0. The minimum absolute atomic E-state index is 0.0932. The van der Waals surface area contributed by atoms with Gasteiger partial charge in [0, 0.05) is 0 Å². The predicted molar refractivity (Wildman–Crippen MR) is 44.0 cm³/mol. The summed E-state index contributed by atoms with van der Waals surface area (Å²) in [6, 6.07) is 0. The maximum Gasteiger partial charge on any atom is 0.186 e. The number of hydrogen-bond donors (Lipinski definition) is 3. The van der Waals surface area contributed by atoms with Gasteiger partial charge in [0.25, 0.3) is 0 Å². The third kappa shape index (κ3) is 2.38. The van der Waals surface area contributed by atoms with E-state index in [4.69, 9.17) is 14.6 Å². The summed E-state index contributed by atoms with van der Waals surface area (Å²) in [5, 5.41) is 27.5. The van der Waals surface area contributed by atoms with E-state index < -0.39 is 24.6 Å². The zero-order valence-corrected chi connectivity index (χ0v) is 7.75. The van der Waals surface area contributed by atoms with Gasteiger partial charge in [-0.2, -0.15) is 0 Å². The van der Waals surface area contributed by atoms with Crippen LogP contribution in [-0.2, 0) is 9.47 Å². The van der Waals surface area contributed by atoms with E-state index in [-0.39, 0.29) is 12.7 Å². The monoisotopic (exact) mass is 192 g/mol. The van der Waals surface area contributed by atoms with Gasteiger partial charge < -0.3 is 24.8 Å². The summed E-state index contributed by atoms with van der Waals surface area (Å²) in [6.45, 7) is 3.28. The summed E-state index contributed by atoms with van der Waals surface area (Å²) in [5.74, 6) is 0. The van der Waals surface area contributed by atoms with Crippen molar-refractivity contribution in [1.82, 2.24) is 0 Å². The minimum Gasteiger partial charge on any atom is -0.394 e. The number of aliphatic hydroxyl groups is 3. The first-order valence-corrected chi connectivity index (χ1v) is 4.34. The van der Waals surface area contributed by atoms with Crippen LogP contribution in [0.4, 0.5) is 0 Å². The Labute approximate surface area is 76.9 Å². The number of aliphatic hydroxyl groups excluding tert-OH is 3. The molecule has 1 saturated heterocycles. The fourth-order valence-electron chi connectivity index (χ4n) is 1.25. The van der Waals surface area contributed by atoms with Gasteiger partial charge in [-0.05, 0) is 13.8 Å². The highest BCUT2D eigenvalue weighted by atomic mass is 16.7. The van der Waals surface area contributed by atoms with Crippen LogP contribution in [0.15, 0.2) is 0 Å². The molecule has 0 bridgehead atoms. The summed E-state index contributed by atoms with van der Waals surface area (Å²) in [6.07, 6.45) is -3.84. The molecule has 0 spiro atoms. The smallest absolute Gasteiger partial charge is 0.186 e. The van der Waals surface area contributed by atoms with Crippen molar-refractivity contribution in [2.24, 2.45) is 0 Å². The maximum absolute atomic E-state index is 9.40. The van der Waals surface area contributed by atoms with Gasteiger partial charge in [-0.15, -0.1) is 0 Å². The average Bonchev–Trinajstić information content (AvgIpc) is 2.32. The summed E-state index contributed by atoms with van der Waals surface area (Å²) in [7, 11) is 0. The first-order chi connectivity index (χ1) is 6.06. The first kappa shape index (κ1) is 10.9. The normalized spacial score (nSPS) is 40.2. The van der Waals surface area contributed by atoms with E-state index in [1.54, 1.807) is 13.8 Å². The third-order valence-electron chi connectivity index (χ3n) is 1.90. The van der Waals surface area contributed by atoms with E-state index in [0.29, 0.717) is 0 Å². The highest BCUT2D eigenvalue weighted by Crippen LogP contribution is 2.22. The van der Waals surface area contributed by atoms with E-state index in [2.05, 4.69) is 0 Å². The number of ether oxygens (including phenoxy) is 2. The second-order valence-corrected chi connectivity index (χ2v) is 3.39. The molecule has 1 aliphatic rings. The molecule has 1 rings (SSSR count). The zero-order valence-electron chi connectivity index (χ0n) is 7.75. The van der Waals surface area contributed by atoms with E-state index in [0.717, 1.165) is 0 Å². The minimum atomic E-state index is -1.08. The molecule has 3 N–H and O–H groups in total. The molecule has 0 aromatic carbocycles. The summed E-state index contributed by atoms with van der Waals surface area (Å²) >= 11 is 0. The largest absolute Gasteiger partial charge is 0.394 e. The molecule has 0 saturated carbocycles. The molecule has 1 aliphatic heterocycles. The van der Waals surface area contributed by atoms with Crippen LogP contribution in [-0.4, -0.2) is 52.6 Å². The van der Waals surface area contributed by atoms with Gasteiger partial charge in [0.2, 0.25) is 0 Å². The standard InChI is InChI=1S/C8H16O5/c1-4(2)12-8-7(11)6(10)5(3-9)13-8/h4-11H,3H2,1-2H3/t5-,6-,7+,8?/m1/s1. The van der Waals surface area contributed by atoms with Crippen molar-refractivity contribution in [3.63, 3.8) is 0 Å². The average molecular weight is 192 g/mol. The van der Waals surface area contributed by atoms with E-state index in [1.165, 1.54) is 0 Å². The summed E-state index contributed by atoms with van der Waals surface area (Å²) < 4.78 is 10.3. The lowest BCUT2D eigenvalue weighted by Crippen LogP contribution is -2.35. The lowest BCUT2D eigenvalue weighted by atomic mass is 10.1. The van der Waals surface area contributed by atoms with Crippen LogP contribution in [0.25, 0.3) is 0 Å². The first-order valence-electron chi connectivity index (χ1n) is 4.34. The Morgan fingerprint density at radius 2 is 1.92 bits per heavy atom. The van der Waals surface area contributed by atoms with Crippen molar-refractivity contribution in [3.8, 4) is 0 Å². The second-order valence-electron chi connectivity index (χ2n) is 3.39. The zero-order chi connectivity index (χ0) is 10.0. The molecule has 0 radical (unpaired) electrons. The van der Waals surface area contributed by atoms with Crippen LogP contribution in [0.5, 0.6) is 0 Å². The molecule has 13 heavy (non-hydrogen) atoms. The highest BCUT2D eigenvalue weighted by molar-refractivity contribution is 4.86. The van der Waals surface area contributed by atoms with Gasteiger partial charge in [-0.1, -0.05) is 0 Å². The van der Waals surface area contributed by atoms with Crippen molar-refractivity contribution in [1.29, 1.82) is 0 Å². The highest BCUT2D eigenvalue weighted by Gasteiger charge is 2.43. The van der Waals surface area contributed by atoms with Crippen molar-refractivity contribution in [2.75, 3.05) is 6.61 Å². The SMILES string of the molecule is CC(C)OC1O[C@H](CO)[C@@H](O)[C@@H]1O. The molecule has 5 heteroatoms. The molecule has 0 aliphatic carbocycles. The van der Waals surface area contributed by atoms with E-state index in [1.807, 2.05) is 0 Å². The van der Waals surface area contributed by atoms with Crippen molar-refractivity contribution in [2.45, 2.75) is 44.6 Å². The second kappa shape index (κ2) is 4.34. The molecule has 1 heterocycles. The molecule has 78 valence electrons. The number of rotatable bonds is 3. The maximum atomic E-state index is 9.40. The van der Waals surface area contributed by atoms with Crippen molar-refractivity contribution < 1.29 is 24.8 Å². The Morgan fingerprint density at radius 1 is 1.31 bits per heavy atom. The molecule has 5 nitrogen and oxygen atoms in total. The lowest BCUT2D eigenvalue weighted by molar-refractivity contribution is -0.186. The Bertz CT molecular complexity index is 161. The topological polar surface area (TPSA) is 79.2 Å². The van der Waals surface area contributed by atoms with Crippen LogP contribution in [0.3, 0.4) is 0 Å². The summed E-state index contributed by atoms with van der Waals surface area (Å²) in [4.78, 5) is 0. The Morgan fingerprint density at radius 3 is 2.31 bits per heavy atom. The van der Waals surface area contributed by atoms with Gasteiger partial charge in [0.05, 0.1) is 12.7 Å². The molecule has 0 aromatic heterocycles. The Balaban J connectivity index is 2.50. The van der Waals surface area contributed by atoms with Gasteiger partial charge in [-0.25, -0.2) is 0 Å². The lowest BCUT2D eigenvalue weighted by Gasteiger charge is -2.17. The van der Waals surface area contributed by atoms with Crippen LogP contribution >= 0.6 is 0 Å². The van der Waals surface area contributed by atoms with Crippen LogP contribution in [0.1, 0.15) is 13.8 Å². The van der Waals surface area contributed by atoms with Gasteiger partial charge >= 0.3 is 0 Å². The molecule has 0 aromatic rings. The molecular formula is C8H16O5. The van der Waals surface area contributed by atoms with Gasteiger partial charge in [0.1, 0.15) is 18.3 Å². The van der Waals surface area contributed by atoms with Crippen LogP contribution in [0.2, 0.25) is 0 Å². The predicted octanol–water partition coefficient (Wildman–Crippen LogP) is -1.15. The van der Waals surface area contributed by atoms with Crippen LogP contribution < -0.4 is 0 Å². The van der Waals surface area contributed by atoms with Crippen molar-refractivity contribution in [3.05, 3.63) is 0 Å². The van der Waals surface area contributed by atoms with Gasteiger partial charge in [0.15, 0.2) is 6.29 Å². The van der Waals surface area contributed by atoms with E-state index >= 15 is 0 Å². The van der Waals surface area contributed by atoms with Gasteiger partial charge in [-0.3, -0.25) is 0 Å². The fraction of sp³-hybridized carbons (Fsp3) is 1.00.